The molecule has 2 aromatic carbocycles. The Morgan fingerprint density at radius 1 is 1.05 bits per heavy atom. The van der Waals surface area contributed by atoms with E-state index in [4.69, 9.17) is 0 Å². The summed E-state index contributed by atoms with van der Waals surface area (Å²) in [4.78, 5) is 30.2. The number of carboxylic acid groups (broad SMARTS) is 1. The molecule has 8 rings (SSSR count). The molecular weight excluding hydrogens is 531 g/mol. The van der Waals surface area contributed by atoms with Gasteiger partial charge in [-0.2, -0.15) is 4.99 Å². The molecule has 0 spiro atoms. The van der Waals surface area contributed by atoms with Crippen molar-refractivity contribution in [2.75, 3.05) is 6.54 Å². The van der Waals surface area contributed by atoms with Crippen LogP contribution in [0.5, 0.6) is 5.75 Å². The second-order valence-corrected chi connectivity index (χ2v) is 13.4. The third-order valence-electron chi connectivity index (χ3n) is 9.61. The number of likely N-dealkylation sites (tertiary alicyclic amines) is 1. The number of hydrogen-bond acceptors (Lipinski definition) is 6. The summed E-state index contributed by atoms with van der Waals surface area (Å²) in [6, 6.07) is 9.90. The molecule has 3 N–H and O–H groups in total. The number of hydrogen-bond donors (Lipinski definition) is 3. The number of halogens is 1. The minimum atomic E-state index is -1.06. The zero-order chi connectivity index (χ0) is 27.8. The van der Waals surface area contributed by atoms with E-state index in [1.54, 1.807) is 6.08 Å². The van der Waals surface area contributed by atoms with Crippen LogP contribution in [0.3, 0.4) is 0 Å². The van der Waals surface area contributed by atoms with E-state index >= 15 is 4.39 Å². The minimum absolute atomic E-state index is 0.0820. The van der Waals surface area contributed by atoms with E-state index in [9.17, 15) is 24.9 Å². The monoisotopic (exact) mass is 562 g/mol. The molecule has 6 aliphatic rings. The predicted molar refractivity (Wildman–Crippen MR) is 150 cm³/mol. The summed E-state index contributed by atoms with van der Waals surface area (Å²) in [5.74, 6) is -0.357. The Bertz CT molecular complexity index is 1450. The van der Waals surface area contributed by atoms with Crippen LogP contribution in [0, 0.1) is 23.6 Å². The first-order valence-corrected chi connectivity index (χ1v) is 14.8. The van der Waals surface area contributed by atoms with Gasteiger partial charge in [-0.3, -0.25) is 4.79 Å². The lowest BCUT2D eigenvalue weighted by Gasteiger charge is -2.57. The smallest absolute Gasteiger partial charge is 0.326 e. The maximum atomic E-state index is 15.2. The van der Waals surface area contributed by atoms with Gasteiger partial charge in [-0.05, 0) is 114 Å². The van der Waals surface area contributed by atoms with Crippen molar-refractivity contribution in [3.05, 3.63) is 58.2 Å². The summed E-state index contributed by atoms with van der Waals surface area (Å²) < 4.78 is 15.2. The number of phenolic OH excluding ortho intramolecular Hbond substituents is 1. The average Bonchev–Trinajstić information content (AvgIpc) is 3.47. The summed E-state index contributed by atoms with van der Waals surface area (Å²) in [5.41, 5.74) is 2.78. The van der Waals surface area contributed by atoms with Gasteiger partial charge in [0.25, 0.3) is 5.91 Å². The molecule has 9 heteroatoms. The number of benzene rings is 2. The van der Waals surface area contributed by atoms with Crippen LogP contribution in [-0.4, -0.2) is 56.0 Å². The topological polar surface area (TPSA) is 110 Å². The fraction of sp³-hybridized carbons (Fsp3) is 0.452. The summed E-state index contributed by atoms with van der Waals surface area (Å²) in [5, 5.41) is 30.7. The van der Waals surface area contributed by atoms with E-state index in [0.717, 1.165) is 47.7 Å². The number of β-amino-alcohol motifs (C(OH)–C–C–N with tert-alkyl or cyclic N) is 1. The molecule has 2 heterocycles. The first-order chi connectivity index (χ1) is 19.2. The van der Waals surface area contributed by atoms with Crippen molar-refractivity contribution in [1.29, 1.82) is 0 Å². The lowest BCUT2D eigenvalue weighted by molar-refractivity contribution is -0.141. The standard InChI is InChI=1S/C31H31FN2O5S/c32-24-10-21(9-23(27(24)36)31-12-17-4-18(13-31)6-19(5-17)14-31)20-3-1-2-16(7-20)8-26-28(37)33-30(40-26)34-15-22(35)11-25(34)29(38)39/h1-3,7-10,17-19,22,25,35-36H,4-6,11-15H2,(H,38,39)/b26-8+/t17?,18?,19?,22-,25-,31?/m0/s1. The van der Waals surface area contributed by atoms with Gasteiger partial charge in [0.05, 0.1) is 11.0 Å². The SMILES string of the molecule is O=C1N=C(N2C[C@@H](O)C[C@H]2C(=O)O)S/C1=C/c1cccc(-c2cc(F)c(O)c(C34CC5CC(CC(C5)C3)C4)c2)c1. The van der Waals surface area contributed by atoms with Crippen LogP contribution in [0.2, 0.25) is 0 Å². The molecule has 1 saturated heterocycles. The fourth-order valence-corrected chi connectivity index (χ4v) is 9.32. The fourth-order valence-electron chi connectivity index (χ4n) is 8.35. The van der Waals surface area contributed by atoms with Gasteiger partial charge in [0.1, 0.15) is 6.04 Å². The van der Waals surface area contributed by atoms with Crippen LogP contribution in [0.1, 0.15) is 56.1 Å². The predicted octanol–water partition coefficient (Wildman–Crippen LogP) is 5.16. The highest BCUT2D eigenvalue weighted by molar-refractivity contribution is 8.18. The summed E-state index contributed by atoms with van der Waals surface area (Å²) >= 11 is 1.09. The number of carbonyl (C=O) groups is 2. The Balaban J connectivity index is 1.17. The van der Waals surface area contributed by atoms with Gasteiger partial charge in [-0.1, -0.05) is 18.2 Å². The maximum Gasteiger partial charge on any atom is 0.326 e. The summed E-state index contributed by atoms with van der Waals surface area (Å²) in [6.07, 6.45) is 7.81. The van der Waals surface area contributed by atoms with Crippen molar-refractivity contribution >= 4 is 34.9 Å². The molecular formula is C31H31FN2O5S. The van der Waals surface area contributed by atoms with Crippen molar-refractivity contribution in [3.63, 3.8) is 0 Å². The van der Waals surface area contributed by atoms with Crippen molar-refractivity contribution in [2.45, 2.75) is 62.5 Å². The third kappa shape index (κ3) is 4.34. The lowest BCUT2D eigenvalue weighted by Crippen LogP contribution is -2.48. The number of aromatic hydroxyl groups is 1. The Hall–Kier alpha value is -3.17. The number of aliphatic hydroxyl groups is 1. The number of carboxylic acids is 1. The van der Waals surface area contributed by atoms with Crippen molar-refractivity contribution in [1.82, 2.24) is 4.90 Å². The number of thioether (sulfide) groups is 1. The molecule has 0 unspecified atom stereocenters. The number of amidine groups is 1. The van der Waals surface area contributed by atoms with Gasteiger partial charge < -0.3 is 20.2 Å². The molecule has 2 aromatic rings. The Labute approximate surface area is 235 Å². The number of phenols is 1. The quantitative estimate of drug-likeness (QED) is 0.442. The van der Waals surface area contributed by atoms with Crippen LogP contribution in [0.15, 0.2) is 46.3 Å². The minimum Gasteiger partial charge on any atom is -0.505 e. The van der Waals surface area contributed by atoms with E-state index in [2.05, 4.69) is 4.99 Å². The van der Waals surface area contributed by atoms with Crippen molar-refractivity contribution in [3.8, 4) is 16.9 Å². The highest BCUT2D eigenvalue weighted by Gasteiger charge is 2.52. The number of amides is 1. The molecule has 1 amide bonds. The normalized spacial score (nSPS) is 33.7. The summed E-state index contributed by atoms with van der Waals surface area (Å²) in [6.45, 7) is 0.108. The Kier molecular flexibility index (Phi) is 6.09. The van der Waals surface area contributed by atoms with E-state index in [0.29, 0.717) is 28.2 Å². The zero-order valence-electron chi connectivity index (χ0n) is 21.9. The molecule has 4 aliphatic carbocycles. The van der Waals surface area contributed by atoms with Gasteiger partial charge in [0, 0.05) is 18.5 Å². The van der Waals surface area contributed by atoms with Crippen LogP contribution < -0.4 is 0 Å². The van der Waals surface area contributed by atoms with E-state index in [-0.39, 0.29) is 29.3 Å². The molecule has 5 fully saturated rings. The van der Waals surface area contributed by atoms with Crippen LogP contribution in [0.25, 0.3) is 17.2 Å². The van der Waals surface area contributed by atoms with Crippen molar-refractivity contribution in [2.24, 2.45) is 22.7 Å². The molecule has 0 aromatic heterocycles. The molecule has 0 radical (unpaired) electrons. The van der Waals surface area contributed by atoms with Crippen LogP contribution >= 0.6 is 11.8 Å². The molecule has 40 heavy (non-hydrogen) atoms. The Morgan fingerprint density at radius 3 is 2.42 bits per heavy atom. The van der Waals surface area contributed by atoms with Gasteiger partial charge in [0.15, 0.2) is 16.7 Å². The molecule has 2 atom stereocenters. The average molecular weight is 563 g/mol. The zero-order valence-corrected chi connectivity index (χ0v) is 22.7. The number of rotatable bonds is 4. The molecule has 2 aliphatic heterocycles. The third-order valence-corrected chi connectivity index (χ3v) is 10.6. The van der Waals surface area contributed by atoms with Crippen LogP contribution in [-0.2, 0) is 15.0 Å². The Morgan fingerprint density at radius 2 is 1.75 bits per heavy atom. The largest absolute Gasteiger partial charge is 0.505 e. The number of aliphatic hydroxyl groups excluding tert-OH is 1. The van der Waals surface area contributed by atoms with Gasteiger partial charge in [-0.15, -0.1) is 0 Å². The highest BCUT2D eigenvalue weighted by atomic mass is 32.2. The maximum absolute atomic E-state index is 15.2. The number of aliphatic carboxylic acids is 1. The highest BCUT2D eigenvalue weighted by Crippen LogP contribution is 2.62. The number of nitrogens with zero attached hydrogens (tertiary/aromatic N) is 2. The van der Waals surface area contributed by atoms with Gasteiger partial charge >= 0.3 is 5.97 Å². The molecule has 7 nitrogen and oxygen atoms in total. The van der Waals surface area contributed by atoms with Crippen molar-refractivity contribution < 1.29 is 29.3 Å². The van der Waals surface area contributed by atoms with E-state index < -0.39 is 29.8 Å². The molecule has 4 bridgehead atoms. The lowest BCUT2D eigenvalue weighted by atomic mass is 9.48. The van der Waals surface area contributed by atoms with Gasteiger partial charge in [-0.25, -0.2) is 9.18 Å². The van der Waals surface area contributed by atoms with E-state index in [1.165, 1.54) is 30.2 Å². The van der Waals surface area contributed by atoms with Gasteiger partial charge in [0.2, 0.25) is 0 Å². The number of carbonyl (C=O) groups excluding carboxylic acids is 1. The second-order valence-electron chi connectivity index (χ2n) is 12.4. The first kappa shape index (κ1) is 25.8. The van der Waals surface area contributed by atoms with Crippen LogP contribution in [0.4, 0.5) is 4.39 Å². The summed E-state index contributed by atoms with van der Waals surface area (Å²) in [7, 11) is 0. The second kappa shape index (κ2) is 9.45. The van der Waals surface area contributed by atoms with E-state index in [1.807, 2.05) is 30.3 Å². The number of aliphatic imine (C=N–C) groups is 1. The molecule has 4 saturated carbocycles. The first-order valence-electron chi connectivity index (χ1n) is 14.0. The molecule has 208 valence electrons.